The van der Waals surface area contributed by atoms with Crippen LogP contribution in [0.2, 0.25) is 10.0 Å². The van der Waals surface area contributed by atoms with E-state index in [4.69, 9.17) is 23.2 Å². The lowest BCUT2D eigenvalue weighted by atomic mass is 10.0. The van der Waals surface area contributed by atoms with Crippen molar-refractivity contribution in [3.8, 4) is 0 Å². The van der Waals surface area contributed by atoms with E-state index in [0.717, 1.165) is 31.5 Å². The molecule has 1 aliphatic rings. The van der Waals surface area contributed by atoms with Gasteiger partial charge in [-0.05, 0) is 60.0 Å². The van der Waals surface area contributed by atoms with Crippen LogP contribution < -0.4 is 0 Å². The van der Waals surface area contributed by atoms with Crippen LogP contribution in [0, 0.1) is 0 Å². The first kappa shape index (κ1) is 17.7. The van der Waals surface area contributed by atoms with E-state index in [1.807, 2.05) is 30.1 Å². The average molecular weight is 383 g/mol. The van der Waals surface area contributed by atoms with E-state index in [1.165, 1.54) is 5.56 Å². The van der Waals surface area contributed by atoms with E-state index in [2.05, 4.69) is 21.7 Å². The number of hydrogen-bond donors (Lipinski definition) is 0. The molecule has 1 aromatic heterocycles. The summed E-state index contributed by atoms with van der Waals surface area (Å²) >= 11 is 13.8. The fraction of sp³-hybridized carbons (Fsp3) is 0.389. The molecular weight excluding hydrogens is 363 g/mol. The van der Waals surface area contributed by atoms with Crippen LogP contribution in [0.15, 0.2) is 35.0 Å². The van der Waals surface area contributed by atoms with Gasteiger partial charge in [0.25, 0.3) is 0 Å². The molecule has 6 heteroatoms. The molecule has 0 aliphatic carbocycles. The highest BCUT2D eigenvalue weighted by Gasteiger charge is 2.30. The number of carbonyl (C=O) groups is 1. The zero-order valence-corrected chi connectivity index (χ0v) is 15.9. The second kappa shape index (κ2) is 7.87. The number of likely N-dealkylation sites (N-methyl/N-ethyl adjacent to an activating group) is 1. The van der Waals surface area contributed by atoms with Crippen molar-refractivity contribution in [1.82, 2.24) is 9.80 Å². The van der Waals surface area contributed by atoms with Crippen LogP contribution in [0.3, 0.4) is 0 Å². The Hall–Kier alpha value is -1.07. The Morgan fingerprint density at radius 3 is 2.88 bits per heavy atom. The predicted molar refractivity (Wildman–Crippen MR) is 101 cm³/mol. The second-order valence-electron chi connectivity index (χ2n) is 6.22. The number of rotatable bonds is 5. The zero-order chi connectivity index (χ0) is 17.1. The third-order valence-corrected chi connectivity index (χ3v) is 5.81. The molecule has 3 nitrogen and oxygen atoms in total. The fourth-order valence-electron chi connectivity index (χ4n) is 3.20. The molecule has 2 aromatic rings. The number of nitrogens with zero attached hydrogens (tertiary/aromatic N) is 2. The van der Waals surface area contributed by atoms with E-state index in [-0.39, 0.29) is 11.9 Å². The SMILES string of the molecule is CN(CC(=O)N1CCC[C@@H]1c1ccc(Cl)c(Cl)c1)Cc1ccsc1. The Kier molecular flexibility index (Phi) is 5.82. The number of thiophene rings is 1. The molecule has 24 heavy (non-hydrogen) atoms. The van der Waals surface area contributed by atoms with Crippen LogP contribution in [0.1, 0.15) is 30.0 Å². The molecule has 1 aliphatic heterocycles. The van der Waals surface area contributed by atoms with Gasteiger partial charge >= 0.3 is 0 Å². The third kappa shape index (κ3) is 4.12. The smallest absolute Gasteiger partial charge is 0.237 e. The van der Waals surface area contributed by atoms with Crippen molar-refractivity contribution in [3.63, 3.8) is 0 Å². The largest absolute Gasteiger partial charge is 0.335 e. The topological polar surface area (TPSA) is 23.6 Å². The van der Waals surface area contributed by atoms with Gasteiger partial charge in [-0.25, -0.2) is 0 Å². The summed E-state index contributed by atoms with van der Waals surface area (Å²) in [4.78, 5) is 16.8. The fourth-order valence-corrected chi connectivity index (χ4v) is 4.17. The zero-order valence-electron chi connectivity index (χ0n) is 13.5. The Balaban J connectivity index is 1.65. The van der Waals surface area contributed by atoms with Gasteiger partial charge < -0.3 is 4.90 Å². The summed E-state index contributed by atoms with van der Waals surface area (Å²) in [5.41, 5.74) is 2.31. The summed E-state index contributed by atoms with van der Waals surface area (Å²) in [6.45, 7) is 2.02. The minimum absolute atomic E-state index is 0.0989. The van der Waals surface area contributed by atoms with Crippen molar-refractivity contribution in [2.75, 3.05) is 20.1 Å². The maximum absolute atomic E-state index is 12.7. The van der Waals surface area contributed by atoms with E-state index < -0.39 is 0 Å². The molecular formula is C18H20Cl2N2OS. The summed E-state index contributed by atoms with van der Waals surface area (Å²) in [5, 5.41) is 5.27. The minimum atomic E-state index is 0.0989. The molecule has 1 fully saturated rings. The molecule has 0 N–H and O–H groups in total. The van der Waals surface area contributed by atoms with Crippen LogP contribution in [-0.4, -0.2) is 35.8 Å². The van der Waals surface area contributed by atoms with E-state index in [1.54, 1.807) is 11.3 Å². The van der Waals surface area contributed by atoms with E-state index in [9.17, 15) is 4.79 Å². The van der Waals surface area contributed by atoms with Gasteiger partial charge in [0, 0.05) is 13.1 Å². The van der Waals surface area contributed by atoms with Crippen molar-refractivity contribution in [1.29, 1.82) is 0 Å². The van der Waals surface area contributed by atoms with Crippen molar-refractivity contribution >= 4 is 40.4 Å². The summed E-state index contributed by atoms with van der Waals surface area (Å²) in [6.07, 6.45) is 1.99. The second-order valence-corrected chi connectivity index (χ2v) is 7.82. The van der Waals surface area contributed by atoms with Gasteiger partial charge in [-0.15, -0.1) is 0 Å². The molecule has 0 bridgehead atoms. The van der Waals surface area contributed by atoms with Gasteiger partial charge in [0.05, 0.1) is 22.6 Å². The van der Waals surface area contributed by atoms with Crippen LogP contribution in [0.4, 0.5) is 0 Å². The van der Waals surface area contributed by atoms with Crippen LogP contribution in [0.25, 0.3) is 0 Å². The van der Waals surface area contributed by atoms with Gasteiger partial charge in [0.2, 0.25) is 5.91 Å². The van der Waals surface area contributed by atoms with Gasteiger partial charge in [-0.1, -0.05) is 29.3 Å². The predicted octanol–water partition coefficient (Wildman–Crippen LogP) is 4.85. The molecule has 0 radical (unpaired) electrons. The Morgan fingerprint density at radius 1 is 1.33 bits per heavy atom. The maximum Gasteiger partial charge on any atom is 0.237 e. The molecule has 3 rings (SSSR count). The quantitative estimate of drug-likeness (QED) is 0.737. The lowest BCUT2D eigenvalue weighted by Crippen LogP contribution is -2.38. The summed E-state index contributed by atoms with van der Waals surface area (Å²) in [5.74, 6) is 0.168. The van der Waals surface area contributed by atoms with Crippen molar-refractivity contribution < 1.29 is 4.79 Å². The number of benzene rings is 1. The number of carbonyl (C=O) groups excluding carboxylic acids is 1. The third-order valence-electron chi connectivity index (χ3n) is 4.34. The van der Waals surface area contributed by atoms with E-state index >= 15 is 0 Å². The average Bonchev–Trinajstić information content (AvgIpc) is 3.21. The van der Waals surface area contributed by atoms with Gasteiger partial charge in [-0.3, -0.25) is 9.69 Å². The lowest BCUT2D eigenvalue weighted by molar-refractivity contribution is -0.133. The molecule has 0 saturated carbocycles. The first-order valence-electron chi connectivity index (χ1n) is 7.98. The van der Waals surface area contributed by atoms with Crippen LogP contribution >= 0.6 is 34.5 Å². The number of halogens is 2. The molecule has 128 valence electrons. The minimum Gasteiger partial charge on any atom is -0.335 e. The highest BCUT2D eigenvalue weighted by atomic mass is 35.5. The standard InChI is InChI=1S/C18H20Cl2N2OS/c1-21(10-13-6-8-24-12-13)11-18(23)22-7-2-3-17(22)14-4-5-15(19)16(20)9-14/h4-6,8-9,12,17H,2-3,7,10-11H2,1H3/t17-/m1/s1. The van der Waals surface area contributed by atoms with Crippen molar-refractivity contribution in [3.05, 3.63) is 56.2 Å². The highest BCUT2D eigenvalue weighted by Crippen LogP contribution is 2.35. The van der Waals surface area contributed by atoms with Crippen LogP contribution in [0.5, 0.6) is 0 Å². The molecule has 1 atom stereocenters. The van der Waals surface area contributed by atoms with Crippen molar-refractivity contribution in [2.24, 2.45) is 0 Å². The Morgan fingerprint density at radius 2 is 2.17 bits per heavy atom. The molecule has 1 amide bonds. The summed E-state index contributed by atoms with van der Waals surface area (Å²) < 4.78 is 0. The first-order chi connectivity index (χ1) is 11.5. The molecule has 1 aromatic carbocycles. The van der Waals surface area contributed by atoms with Crippen LogP contribution in [-0.2, 0) is 11.3 Å². The number of likely N-dealkylation sites (tertiary alicyclic amines) is 1. The van der Waals surface area contributed by atoms with Gasteiger partial charge in [0.1, 0.15) is 0 Å². The maximum atomic E-state index is 12.7. The molecule has 0 spiro atoms. The van der Waals surface area contributed by atoms with E-state index in [0.29, 0.717) is 16.6 Å². The summed E-state index contributed by atoms with van der Waals surface area (Å²) in [7, 11) is 1.99. The van der Waals surface area contributed by atoms with Gasteiger partial charge in [-0.2, -0.15) is 11.3 Å². The summed E-state index contributed by atoms with van der Waals surface area (Å²) in [6, 6.07) is 7.86. The Bertz CT molecular complexity index is 705. The highest BCUT2D eigenvalue weighted by molar-refractivity contribution is 7.07. The monoisotopic (exact) mass is 382 g/mol. The molecule has 0 unspecified atom stereocenters. The van der Waals surface area contributed by atoms with Crippen molar-refractivity contribution in [2.45, 2.75) is 25.4 Å². The normalized spacial score (nSPS) is 17.7. The molecule has 1 saturated heterocycles. The van der Waals surface area contributed by atoms with Gasteiger partial charge in [0.15, 0.2) is 0 Å². The Labute approximate surface area is 156 Å². The molecule has 2 heterocycles. The number of hydrogen-bond acceptors (Lipinski definition) is 3. The lowest BCUT2D eigenvalue weighted by Gasteiger charge is -2.27. The first-order valence-corrected chi connectivity index (χ1v) is 9.68. The number of amides is 1.